The Morgan fingerprint density at radius 1 is 1.43 bits per heavy atom. The number of rotatable bonds is 4. The summed E-state index contributed by atoms with van der Waals surface area (Å²) in [5, 5.41) is 10.6. The second-order valence-corrected chi connectivity index (χ2v) is 6.36. The number of methoxy groups -OCH3 is 1. The molecule has 1 unspecified atom stereocenters. The number of aliphatic hydroxyl groups is 1. The van der Waals surface area contributed by atoms with Gasteiger partial charge in [0.05, 0.1) is 17.8 Å². The van der Waals surface area contributed by atoms with Crippen LogP contribution in [0.1, 0.15) is 18.5 Å². The molecule has 6 nitrogen and oxygen atoms in total. The van der Waals surface area contributed by atoms with Crippen LogP contribution >= 0.6 is 11.6 Å². The van der Waals surface area contributed by atoms with E-state index in [1.54, 1.807) is 0 Å². The summed E-state index contributed by atoms with van der Waals surface area (Å²) in [4.78, 5) is 18.3. The lowest BCUT2D eigenvalue weighted by Crippen LogP contribution is -2.40. The molecule has 3 heterocycles. The molecular formula is C16H20ClN3O3. The van der Waals surface area contributed by atoms with E-state index >= 15 is 0 Å². The number of halogens is 1. The molecule has 0 aromatic carbocycles. The SMILES string of the molecule is COC(=O)C(O)C1CCN(Cc2cn3cc(Cl)ccc3n2)CC1. The summed E-state index contributed by atoms with van der Waals surface area (Å²) in [7, 11) is 1.30. The van der Waals surface area contributed by atoms with Crippen molar-refractivity contribution in [3.63, 3.8) is 0 Å². The average molecular weight is 338 g/mol. The highest BCUT2D eigenvalue weighted by Crippen LogP contribution is 2.23. The fraction of sp³-hybridized carbons (Fsp3) is 0.500. The number of ether oxygens (including phenoxy) is 1. The third kappa shape index (κ3) is 3.65. The minimum atomic E-state index is -1.01. The third-order valence-corrected chi connectivity index (χ3v) is 4.60. The Kier molecular flexibility index (Phi) is 4.84. The second kappa shape index (κ2) is 6.86. The molecule has 1 fully saturated rings. The summed E-state index contributed by atoms with van der Waals surface area (Å²) in [6.07, 6.45) is 4.35. The standard InChI is InChI=1S/C16H20ClN3O3/c1-23-16(22)15(21)11-4-6-19(7-5-11)9-13-10-20-8-12(17)2-3-14(20)18-13/h2-3,8,10-11,15,21H,4-7,9H2,1H3. The maximum Gasteiger partial charge on any atom is 0.334 e. The quantitative estimate of drug-likeness (QED) is 0.861. The predicted octanol–water partition coefficient (Wildman–Crippen LogP) is 1.73. The molecule has 0 aliphatic carbocycles. The van der Waals surface area contributed by atoms with Crippen molar-refractivity contribution in [3.05, 3.63) is 35.2 Å². The van der Waals surface area contributed by atoms with Crippen molar-refractivity contribution in [1.29, 1.82) is 0 Å². The molecule has 0 amide bonds. The van der Waals surface area contributed by atoms with Gasteiger partial charge in [-0.05, 0) is 44.0 Å². The van der Waals surface area contributed by atoms with Crippen molar-refractivity contribution >= 4 is 23.2 Å². The zero-order valence-electron chi connectivity index (χ0n) is 13.0. The van der Waals surface area contributed by atoms with Gasteiger partial charge < -0.3 is 14.2 Å². The molecule has 0 bridgehead atoms. The zero-order valence-corrected chi connectivity index (χ0v) is 13.7. The van der Waals surface area contributed by atoms with E-state index < -0.39 is 12.1 Å². The number of aromatic nitrogens is 2. The molecule has 1 aliphatic heterocycles. The van der Waals surface area contributed by atoms with Crippen LogP contribution in [0.3, 0.4) is 0 Å². The van der Waals surface area contributed by atoms with Crippen LogP contribution in [0.4, 0.5) is 0 Å². The summed E-state index contributed by atoms with van der Waals surface area (Å²) in [6, 6.07) is 3.72. The number of pyridine rings is 1. The smallest absolute Gasteiger partial charge is 0.334 e. The molecule has 1 N–H and O–H groups in total. The Morgan fingerprint density at radius 3 is 2.87 bits per heavy atom. The molecule has 1 atom stereocenters. The van der Waals surface area contributed by atoms with Crippen molar-refractivity contribution in [2.24, 2.45) is 5.92 Å². The first kappa shape index (κ1) is 16.2. The maximum absolute atomic E-state index is 11.4. The highest BCUT2D eigenvalue weighted by molar-refractivity contribution is 6.30. The maximum atomic E-state index is 11.4. The number of imidazole rings is 1. The van der Waals surface area contributed by atoms with Gasteiger partial charge in [0.25, 0.3) is 0 Å². The van der Waals surface area contributed by atoms with E-state index in [1.807, 2.05) is 28.9 Å². The molecule has 2 aromatic rings. The molecule has 0 spiro atoms. The van der Waals surface area contributed by atoms with Crippen molar-refractivity contribution in [1.82, 2.24) is 14.3 Å². The van der Waals surface area contributed by atoms with Crippen LogP contribution in [-0.4, -0.2) is 51.7 Å². The average Bonchev–Trinajstić information content (AvgIpc) is 2.95. The zero-order chi connectivity index (χ0) is 16.4. The molecule has 7 heteroatoms. The first-order chi connectivity index (χ1) is 11.1. The van der Waals surface area contributed by atoms with Gasteiger partial charge in [-0.3, -0.25) is 4.90 Å². The predicted molar refractivity (Wildman–Crippen MR) is 86.2 cm³/mol. The summed E-state index contributed by atoms with van der Waals surface area (Å²) in [5.74, 6) is -0.570. The molecule has 1 saturated heterocycles. The van der Waals surface area contributed by atoms with E-state index in [4.69, 9.17) is 11.6 Å². The number of nitrogens with zero attached hydrogens (tertiary/aromatic N) is 3. The number of carbonyl (C=O) groups is 1. The molecule has 124 valence electrons. The van der Waals surface area contributed by atoms with Gasteiger partial charge in [0.1, 0.15) is 5.65 Å². The topological polar surface area (TPSA) is 67.1 Å². The van der Waals surface area contributed by atoms with Gasteiger partial charge in [0.2, 0.25) is 0 Å². The Labute approximate surface area is 139 Å². The van der Waals surface area contributed by atoms with Crippen molar-refractivity contribution in [3.8, 4) is 0 Å². The molecule has 0 radical (unpaired) electrons. The number of likely N-dealkylation sites (tertiary alicyclic amines) is 1. The molecule has 3 rings (SSSR count). The monoisotopic (exact) mass is 337 g/mol. The van der Waals surface area contributed by atoms with E-state index in [1.165, 1.54) is 7.11 Å². The van der Waals surface area contributed by atoms with E-state index in [-0.39, 0.29) is 5.92 Å². The summed E-state index contributed by atoms with van der Waals surface area (Å²) in [6.45, 7) is 2.40. The van der Waals surface area contributed by atoms with Gasteiger partial charge in [-0.1, -0.05) is 11.6 Å². The van der Waals surface area contributed by atoms with E-state index in [0.717, 1.165) is 43.8 Å². The first-order valence-electron chi connectivity index (χ1n) is 7.68. The van der Waals surface area contributed by atoms with Gasteiger partial charge in [0.15, 0.2) is 6.10 Å². The van der Waals surface area contributed by atoms with Gasteiger partial charge in [-0.15, -0.1) is 0 Å². The van der Waals surface area contributed by atoms with Crippen LogP contribution in [0, 0.1) is 5.92 Å². The Balaban J connectivity index is 1.58. The second-order valence-electron chi connectivity index (χ2n) is 5.93. The van der Waals surface area contributed by atoms with Gasteiger partial charge >= 0.3 is 5.97 Å². The van der Waals surface area contributed by atoms with Crippen LogP contribution in [-0.2, 0) is 16.1 Å². The lowest BCUT2D eigenvalue weighted by molar-refractivity contribution is -0.154. The number of piperidine rings is 1. The minimum Gasteiger partial charge on any atom is -0.467 e. The Bertz CT molecular complexity index is 695. The van der Waals surface area contributed by atoms with E-state index in [0.29, 0.717) is 5.02 Å². The molecule has 1 aliphatic rings. The fourth-order valence-electron chi connectivity index (χ4n) is 3.06. The number of carbonyl (C=O) groups excluding carboxylic acids is 1. The number of hydrogen-bond acceptors (Lipinski definition) is 5. The third-order valence-electron chi connectivity index (χ3n) is 4.37. The summed E-state index contributed by atoms with van der Waals surface area (Å²) in [5.41, 5.74) is 1.86. The van der Waals surface area contributed by atoms with Crippen LogP contribution in [0.15, 0.2) is 24.5 Å². The van der Waals surface area contributed by atoms with Crippen LogP contribution in [0.5, 0.6) is 0 Å². The Morgan fingerprint density at radius 2 is 2.17 bits per heavy atom. The molecule has 23 heavy (non-hydrogen) atoms. The number of fused-ring (bicyclic) bond motifs is 1. The fourth-order valence-corrected chi connectivity index (χ4v) is 3.23. The first-order valence-corrected chi connectivity index (χ1v) is 8.06. The highest BCUT2D eigenvalue weighted by Gasteiger charge is 2.30. The van der Waals surface area contributed by atoms with Gasteiger partial charge in [0, 0.05) is 18.9 Å². The Hall–Kier alpha value is -1.63. The van der Waals surface area contributed by atoms with Gasteiger partial charge in [-0.25, -0.2) is 9.78 Å². The molecule has 0 saturated carbocycles. The van der Waals surface area contributed by atoms with Gasteiger partial charge in [-0.2, -0.15) is 0 Å². The highest BCUT2D eigenvalue weighted by atomic mass is 35.5. The lowest BCUT2D eigenvalue weighted by Gasteiger charge is -2.32. The van der Waals surface area contributed by atoms with Crippen LogP contribution < -0.4 is 0 Å². The molecule has 2 aromatic heterocycles. The summed E-state index contributed by atoms with van der Waals surface area (Å²) >= 11 is 5.98. The minimum absolute atomic E-state index is 0.0291. The number of aliphatic hydroxyl groups excluding tert-OH is 1. The van der Waals surface area contributed by atoms with Crippen molar-refractivity contribution in [2.75, 3.05) is 20.2 Å². The van der Waals surface area contributed by atoms with Crippen LogP contribution in [0.2, 0.25) is 5.02 Å². The molecular weight excluding hydrogens is 318 g/mol. The van der Waals surface area contributed by atoms with E-state index in [9.17, 15) is 9.90 Å². The number of esters is 1. The largest absolute Gasteiger partial charge is 0.467 e. The normalized spacial score (nSPS) is 18.2. The van der Waals surface area contributed by atoms with Crippen molar-refractivity contribution < 1.29 is 14.6 Å². The van der Waals surface area contributed by atoms with E-state index in [2.05, 4.69) is 14.6 Å². The van der Waals surface area contributed by atoms with Crippen LogP contribution in [0.25, 0.3) is 5.65 Å². The number of hydrogen-bond donors (Lipinski definition) is 1. The van der Waals surface area contributed by atoms with Crippen molar-refractivity contribution in [2.45, 2.75) is 25.5 Å². The lowest BCUT2D eigenvalue weighted by atomic mass is 9.91. The summed E-state index contributed by atoms with van der Waals surface area (Å²) < 4.78 is 6.53.